The fourth-order valence-electron chi connectivity index (χ4n) is 2.02. The Morgan fingerprint density at radius 2 is 2.05 bits per heavy atom. The van der Waals surface area contributed by atoms with Gasteiger partial charge in [-0.2, -0.15) is 0 Å². The van der Waals surface area contributed by atoms with E-state index in [4.69, 9.17) is 5.73 Å². The Balaban J connectivity index is 2.97. The molecular weight excluding hydrogens is 275 g/mol. The van der Waals surface area contributed by atoms with Gasteiger partial charge in [-0.3, -0.25) is 4.79 Å². The third kappa shape index (κ3) is 4.82. The monoisotopic (exact) mass is 296 g/mol. The minimum Gasteiger partial charge on any atom is -0.465 e. The van der Waals surface area contributed by atoms with Crippen LogP contribution < -0.4 is 11.1 Å². The normalized spacial score (nSPS) is 12.1. The zero-order chi connectivity index (χ0) is 16.0. The molecule has 21 heavy (non-hydrogen) atoms. The summed E-state index contributed by atoms with van der Waals surface area (Å²) in [5, 5.41) is 2.56. The quantitative estimate of drug-likeness (QED) is 0.788. The number of esters is 1. The van der Waals surface area contributed by atoms with Crippen molar-refractivity contribution in [3.63, 3.8) is 0 Å². The van der Waals surface area contributed by atoms with Crippen LogP contribution in [0.3, 0.4) is 0 Å². The number of nitrogens with two attached hydrogens (primary N) is 1. The van der Waals surface area contributed by atoms with E-state index in [2.05, 4.69) is 10.1 Å². The summed E-state index contributed by atoms with van der Waals surface area (Å²) in [4.78, 5) is 23.8. The molecule has 0 saturated heterocycles. The van der Waals surface area contributed by atoms with Gasteiger partial charge in [-0.1, -0.05) is 13.8 Å². The summed E-state index contributed by atoms with van der Waals surface area (Å²) in [5.74, 6) is -1.61. The third-order valence-electron chi connectivity index (χ3n) is 3.06. The van der Waals surface area contributed by atoms with Crippen molar-refractivity contribution in [2.45, 2.75) is 20.3 Å². The standard InChI is InChI=1S/C15H21FN2O3/c1-9(2)6-10(8-17)14(19)18-13-7-11(16)4-5-12(13)15(20)21-3/h4-5,7,9-10H,6,8,17H2,1-3H3,(H,18,19). The molecule has 3 N–H and O–H groups in total. The number of ether oxygens (including phenoxy) is 1. The molecule has 116 valence electrons. The highest BCUT2D eigenvalue weighted by molar-refractivity contribution is 6.01. The number of halogens is 1. The maximum atomic E-state index is 13.3. The van der Waals surface area contributed by atoms with E-state index in [1.807, 2.05) is 13.8 Å². The second-order valence-corrected chi connectivity index (χ2v) is 5.23. The Labute approximate surface area is 123 Å². The molecule has 0 bridgehead atoms. The van der Waals surface area contributed by atoms with E-state index < -0.39 is 17.7 Å². The van der Waals surface area contributed by atoms with Gasteiger partial charge in [0, 0.05) is 6.54 Å². The lowest BCUT2D eigenvalue weighted by Crippen LogP contribution is -2.31. The van der Waals surface area contributed by atoms with Crippen LogP contribution >= 0.6 is 0 Å². The summed E-state index contributed by atoms with van der Waals surface area (Å²) in [5.41, 5.74) is 5.80. The van der Waals surface area contributed by atoms with Crippen molar-refractivity contribution in [1.29, 1.82) is 0 Å². The first kappa shape index (κ1) is 17.1. The van der Waals surface area contributed by atoms with Gasteiger partial charge in [0.1, 0.15) is 5.82 Å². The summed E-state index contributed by atoms with van der Waals surface area (Å²) in [6.45, 7) is 4.16. The van der Waals surface area contributed by atoms with E-state index in [1.165, 1.54) is 13.2 Å². The molecule has 0 saturated carbocycles. The number of carbonyl (C=O) groups is 2. The van der Waals surface area contributed by atoms with Crippen LogP contribution in [0.15, 0.2) is 18.2 Å². The van der Waals surface area contributed by atoms with E-state index in [-0.39, 0.29) is 23.7 Å². The van der Waals surface area contributed by atoms with Crippen LogP contribution in [-0.2, 0) is 9.53 Å². The molecule has 1 unspecified atom stereocenters. The van der Waals surface area contributed by atoms with Crippen LogP contribution in [0.5, 0.6) is 0 Å². The van der Waals surface area contributed by atoms with Crippen molar-refractivity contribution in [1.82, 2.24) is 0 Å². The fourth-order valence-corrected chi connectivity index (χ4v) is 2.02. The second-order valence-electron chi connectivity index (χ2n) is 5.23. The zero-order valence-electron chi connectivity index (χ0n) is 12.5. The molecule has 1 amide bonds. The van der Waals surface area contributed by atoms with Crippen LogP contribution in [-0.4, -0.2) is 25.5 Å². The van der Waals surface area contributed by atoms with Gasteiger partial charge in [-0.25, -0.2) is 9.18 Å². The maximum Gasteiger partial charge on any atom is 0.339 e. The van der Waals surface area contributed by atoms with Gasteiger partial charge < -0.3 is 15.8 Å². The molecule has 1 rings (SSSR count). The first-order valence-electron chi connectivity index (χ1n) is 6.77. The maximum absolute atomic E-state index is 13.3. The smallest absolute Gasteiger partial charge is 0.339 e. The van der Waals surface area contributed by atoms with Gasteiger partial charge in [0.25, 0.3) is 0 Å². The van der Waals surface area contributed by atoms with Crippen LogP contribution in [0.4, 0.5) is 10.1 Å². The largest absolute Gasteiger partial charge is 0.465 e. The van der Waals surface area contributed by atoms with Crippen molar-refractivity contribution < 1.29 is 18.7 Å². The second kappa shape index (κ2) is 7.73. The minimum atomic E-state index is -0.640. The van der Waals surface area contributed by atoms with Gasteiger partial charge >= 0.3 is 5.97 Å². The summed E-state index contributed by atoms with van der Waals surface area (Å²) in [6, 6.07) is 3.50. The summed E-state index contributed by atoms with van der Waals surface area (Å²) in [7, 11) is 1.22. The Morgan fingerprint density at radius 3 is 2.57 bits per heavy atom. The van der Waals surface area contributed by atoms with Crippen LogP contribution in [0, 0.1) is 17.7 Å². The number of hydrogen-bond acceptors (Lipinski definition) is 4. The molecule has 0 spiro atoms. The summed E-state index contributed by atoms with van der Waals surface area (Å²) in [6.07, 6.45) is 0.616. The van der Waals surface area contributed by atoms with Crippen molar-refractivity contribution in [3.8, 4) is 0 Å². The lowest BCUT2D eigenvalue weighted by atomic mass is 9.96. The number of carbonyl (C=O) groups excluding carboxylic acids is 2. The van der Waals surface area contributed by atoms with Crippen LogP contribution in [0.25, 0.3) is 0 Å². The van der Waals surface area contributed by atoms with Crippen molar-refractivity contribution in [3.05, 3.63) is 29.6 Å². The number of rotatable bonds is 6. The molecular formula is C15H21FN2O3. The first-order chi connectivity index (χ1) is 9.88. The zero-order valence-corrected chi connectivity index (χ0v) is 12.5. The molecule has 0 heterocycles. The number of methoxy groups -OCH3 is 1. The molecule has 0 aliphatic carbocycles. The van der Waals surface area contributed by atoms with Crippen LogP contribution in [0.1, 0.15) is 30.6 Å². The lowest BCUT2D eigenvalue weighted by molar-refractivity contribution is -0.120. The fraction of sp³-hybridized carbons (Fsp3) is 0.467. The van der Waals surface area contributed by atoms with Crippen molar-refractivity contribution in [2.75, 3.05) is 19.0 Å². The Hall–Kier alpha value is -1.95. The highest BCUT2D eigenvalue weighted by Crippen LogP contribution is 2.20. The molecule has 0 aliphatic rings. The lowest BCUT2D eigenvalue weighted by Gasteiger charge is -2.18. The molecule has 6 heteroatoms. The topological polar surface area (TPSA) is 81.4 Å². The summed E-state index contributed by atoms with van der Waals surface area (Å²) >= 11 is 0. The third-order valence-corrected chi connectivity index (χ3v) is 3.06. The number of hydrogen-bond donors (Lipinski definition) is 2. The van der Waals surface area contributed by atoms with Crippen molar-refractivity contribution in [2.24, 2.45) is 17.6 Å². The van der Waals surface area contributed by atoms with Gasteiger partial charge in [-0.05, 0) is 30.5 Å². The minimum absolute atomic E-state index is 0.0917. The highest BCUT2D eigenvalue weighted by Gasteiger charge is 2.21. The van der Waals surface area contributed by atoms with E-state index in [1.54, 1.807) is 0 Å². The van der Waals surface area contributed by atoms with E-state index in [9.17, 15) is 14.0 Å². The van der Waals surface area contributed by atoms with Gasteiger partial charge in [0.2, 0.25) is 5.91 Å². The van der Waals surface area contributed by atoms with Gasteiger partial charge in [-0.15, -0.1) is 0 Å². The molecule has 1 atom stereocenters. The molecule has 0 fully saturated rings. The predicted octanol–water partition coefficient (Wildman–Crippen LogP) is 2.17. The Morgan fingerprint density at radius 1 is 1.38 bits per heavy atom. The highest BCUT2D eigenvalue weighted by atomic mass is 19.1. The molecule has 0 aromatic heterocycles. The summed E-state index contributed by atoms with van der Waals surface area (Å²) < 4.78 is 17.9. The molecule has 0 aliphatic heterocycles. The van der Waals surface area contributed by atoms with E-state index >= 15 is 0 Å². The van der Waals surface area contributed by atoms with Crippen LogP contribution in [0.2, 0.25) is 0 Å². The SMILES string of the molecule is COC(=O)c1ccc(F)cc1NC(=O)C(CN)CC(C)C. The molecule has 1 aromatic rings. The molecule has 0 radical (unpaired) electrons. The molecule has 5 nitrogen and oxygen atoms in total. The van der Waals surface area contributed by atoms with E-state index in [0.29, 0.717) is 12.3 Å². The predicted molar refractivity (Wildman–Crippen MR) is 78.4 cm³/mol. The van der Waals surface area contributed by atoms with Crippen molar-refractivity contribution >= 4 is 17.6 Å². The average Bonchev–Trinajstić information content (AvgIpc) is 2.43. The number of nitrogens with one attached hydrogen (secondary N) is 1. The number of benzene rings is 1. The average molecular weight is 296 g/mol. The first-order valence-corrected chi connectivity index (χ1v) is 6.77. The Bertz CT molecular complexity index is 518. The van der Waals surface area contributed by atoms with E-state index in [0.717, 1.165) is 12.1 Å². The van der Waals surface area contributed by atoms with Gasteiger partial charge in [0.15, 0.2) is 0 Å². The Kier molecular flexibility index (Phi) is 6.30. The number of anilines is 1. The van der Waals surface area contributed by atoms with Gasteiger partial charge in [0.05, 0.1) is 24.3 Å². The number of amides is 1. The molecule has 1 aromatic carbocycles.